The molecule has 7 nitrogen and oxygen atoms in total. The highest BCUT2D eigenvalue weighted by molar-refractivity contribution is 9.11. The summed E-state index contributed by atoms with van der Waals surface area (Å²) in [5, 5.41) is 2.77. The summed E-state index contributed by atoms with van der Waals surface area (Å²) in [7, 11) is 2.37. The van der Waals surface area contributed by atoms with Crippen molar-refractivity contribution in [3.05, 3.63) is 38.4 Å². The Bertz CT molecular complexity index is 664. The Balaban J connectivity index is 3.21. The summed E-state index contributed by atoms with van der Waals surface area (Å²) >= 11 is 6.61. The number of ether oxygens (including phenoxy) is 3. The number of rotatable bonds is 6. The lowest BCUT2D eigenvalue weighted by molar-refractivity contribution is -0.138. The van der Waals surface area contributed by atoms with Crippen molar-refractivity contribution in [1.82, 2.24) is 0 Å². The smallest absolute Gasteiger partial charge is 0.354 e. The fourth-order valence-corrected chi connectivity index (χ4v) is 2.98. The molecule has 0 aliphatic carbocycles. The van der Waals surface area contributed by atoms with Crippen LogP contribution in [-0.4, -0.2) is 38.7 Å². The van der Waals surface area contributed by atoms with Crippen LogP contribution >= 0.6 is 31.9 Å². The van der Waals surface area contributed by atoms with E-state index in [0.29, 0.717) is 20.2 Å². The van der Waals surface area contributed by atoms with E-state index in [4.69, 9.17) is 4.74 Å². The summed E-state index contributed by atoms with van der Waals surface area (Å²) in [6, 6.07) is 3.05. The average Bonchev–Trinajstić information content (AvgIpc) is 2.55. The van der Waals surface area contributed by atoms with Crippen molar-refractivity contribution in [2.75, 3.05) is 26.1 Å². The standard InChI is InChI=1S/C15H15Br2NO6/c1-4-24-14(20)8-5-9(16)13(10(17)6-8)18-11(15(21)23-3)7-12(19)22-2/h5-7,18H,4H2,1-3H3/b11-7+. The van der Waals surface area contributed by atoms with E-state index in [-0.39, 0.29) is 12.3 Å². The highest BCUT2D eigenvalue weighted by atomic mass is 79.9. The second-order valence-electron chi connectivity index (χ2n) is 4.23. The van der Waals surface area contributed by atoms with Gasteiger partial charge in [-0.15, -0.1) is 0 Å². The molecule has 1 aromatic rings. The molecule has 0 amide bonds. The number of esters is 3. The largest absolute Gasteiger partial charge is 0.466 e. The van der Waals surface area contributed by atoms with Crippen LogP contribution in [0.1, 0.15) is 17.3 Å². The predicted molar refractivity (Wildman–Crippen MR) is 93.5 cm³/mol. The number of carbonyl (C=O) groups is 3. The first-order valence-corrected chi connectivity index (χ1v) is 8.23. The Kier molecular flexibility index (Phi) is 7.93. The zero-order chi connectivity index (χ0) is 18.3. The molecule has 0 aromatic heterocycles. The van der Waals surface area contributed by atoms with Gasteiger partial charge in [0.25, 0.3) is 0 Å². The molecule has 0 radical (unpaired) electrons. The van der Waals surface area contributed by atoms with Crippen molar-refractivity contribution in [3.63, 3.8) is 0 Å². The lowest BCUT2D eigenvalue weighted by Gasteiger charge is -2.14. The zero-order valence-corrected chi connectivity index (χ0v) is 16.3. The third-order valence-electron chi connectivity index (χ3n) is 2.68. The molecular weight excluding hydrogens is 450 g/mol. The van der Waals surface area contributed by atoms with Gasteiger partial charge in [-0.2, -0.15) is 0 Å². The SMILES string of the molecule is CCOC(=O)c1cc(Br)c(N/C(=C/C(=O)OC)C(=O)OC)c(Br)c1. The highest BCUT2D eigenvalue weighted by Crippen LogP contribution is 2.34. The van der Waals surface area contributed by atoms with Crippen LogP contribution in [0.4, 0.5) is 5.69 Å². The van der Waals surface area contributed by atoms with Crippen LogP contribution in [0.2, 0.25) is 0 Å². The molecule has 0 heterocycles. The van der Waals surface area contributed by atoms with Gasteiger partial charge >= 0.3 is 17.9 Å². The summed E-state index contributed by atoms with van der Waals surface area (Å²) in [5.74, 6) is -1.96. The van der Waals surface area contributed by atoms with Crippen LogP contribution < -0.4 is 5.32 Å². The number of carbonyl (C=O) groups excluding carboxylic acids is 3. The van der Waals surface area contributed by atoms with E-state index >= 15 is 0 Å². The molecule has 0 aliphatic heterocycles. The molecule has 0 unspecified atom stereocenters. The first-order valence-electron chi connectivity index (χ1n) is 6.65. The van der Waals surface area contributed by atoms with E-state index in [1.165, 1.54) is 26.4 Å². The van der Waals surface area contributed by atoms with E-state index in [1.54, 1.807) is 6.92 Å². The van der Waals surface area contributed by atoms with Crippen LogP contribution in [0.15, 0.2) is 32.9 Å². The maximum Gasteiger partial charge on any atom is 0.354 e. The minimum atomic E-state index is -0.756. The molecule has 0 atom stereocenters. The molecule has 24 heavy (non-hydrogen) atoms. The van der Waals surface area contributed by atoms with Crippen molar-refractivity contribution in [2.45, 2.75) is 6.92 Å². The van der Waals surface area contributed by atoms with Crippen molar-refractivity contribution in [2.24, 2.45) is 0 Å². The van der Waals surface area contributed by atoms with Crippen LogP contribution in [0, 0.1) is 0 Å². The Labute approximate surface area is 155 Å². The van der Waals surface area contributed by atoms with Gasteiger partial charge in [-0.05, 0) is 50.9 Å². The molecule has 1 rings (SSSR count). The predicted octanol–water partition coefficient (Wildman–Crippen LogP) is 3.03. The summed E-state index contributed by atoms with van der Waals surface area (Å²) < 4.78 is 15.0. The van der Waals surface area contributed by atoms with Crippen molar-refractivity contribution in [3.8, 4) is 0 Å². The van der Waals surface area contributed by atoms with E-state index < -0.39 is 17.9 Å². The van der Waals surface area contributed by atoms with Crippen molar-refractivity contribution < 1.29 is 28.6 Å². The lowest BCUT2D eigenvalue weighted by Crippen LogP contribution is -2.16. The lowest BCUT2D eigenvalue weighted by atomic mass is 10.2. The monoisotopic (exact) mass is 463 g/mol. The summed E-state index contributed by atoms with van der Waals surface area (Å²) in [6.07, 6.45) is 0.962. The fourth-order valence-electron chi connectivity index (χ4n) is 1.59. The summed E-state index contributed by atoms with van der Waals surface area (Å²) in [6.45, 7) is 1.96. The minimum absolute atomic E-state index is 0.130. The summed E-state index contributed by atoms with van der Waals surface area (Å²) in [4.78, 5) is 35.0. The third-order valence-corrected chi connectivity index (χ3v) is 3.93. The molecule has 1 aromatic carbocycles. The van der Waals surface area contributed by atoms with Gasteiger partial charge in [-0.3, -0.25) is 0 Å². The second kappa shape index (κ2) is 9.43. The van der Waals surface area contributed by atoms with E-state index in [0.717, 1.165) is 6.08 Å². The number of benzene rings is 1. The van der Waals surface area contributed by atoms with Gasteiger partial charge in [0.15, 0.2) is 0 Å². The quantitative estimate of drug-likeness (QED) is 0.393. The number of hydrogen-bond acceptors (Lipinski definition) is 7. The number of anilines is 1. The first kappa shape index (κ1) is 20.2. The van der Waals surface area contributed by atoms with Gasteiger partial charge in [0, 0.05) is 8.95 Å². The molecule has 0 aliphatic rings. The maximum absolute atomic E-state index is 11.8. The number of halogens is 2. The molecule has 0 bridgehead atoms. The Morgan fingerprint density at radius 3 is 2.17 bits per heavy atom. The minimum Gasteiger partial charge on any atom is -0.466 e. The van der Waals surface area contributed by atoms with Crippen LogP contribution in [0.25, 0.3) is 0 Å². The number of methoxy groups -OCH3 is 2. The molecule has 9 heteroatoms. The van der Waals surface area contributed by atoms with E-state index in [9.17, 15) is 14.4 Å². The molecule has 0 saturated heterocycles. The summed E-state index contributed by atoms with van der Waals surface area (Å²) in [5.41, 5.74) is 0.607. The fraction of sp³-hybridized carbons (Fsp3) is 0.267. The molecular formula is C15H15Br2NO6. The highest BCUT2D eigenvalue weighted by Gasteiger charge is 2.18. The Morgan fingerprint density at radius 1 is 1.12 bits per heavy atom. The van der Waals surface area contributed by atoms with Crippen LogP contribution in [0.3, 0.4) is 0 Å². The van der Waals surface area contributed by atoms with Crippen molar-refractivity contribution in [1.29, 1.82) is 0 Å². The van der Waals surface area contributed by atoms with Gasteiger partial charge in [-0.25, -0.2) is 14.4 Å². The third kappa shape index (κ3) is 5.34. The Morgan fingerprint density at radius 2 is 1.71 bits per heavy atom. The van der Waals surface area contributed by atoms with Gasteiger partial charge in [-0.1, -0.05) is 0 Å². The maximum atomic E-state index is 11.8. The molecule has 1 N–H and O–H groups in total. The van der Waals surface area contributed by atoms with Gasteiger partial charge in [0.2, 0.25) is 0 Å². The van der Waals surface area contributed by atoms with Crippen LogP contribution in [0.5, 0.6) is 0 Å². The van der Waals surface area contributed by atoms with Gasteiger partial charge < -0.3 is 19.5 Å². The average molecular weight is 465 g/mol. The number of hydrogen-bond donors (Lipinski definition) is 1. The second-order valence-corrected chi connectivity index (χ2v) is 5.94. The zero-order valence-electron chi connectivity index (χ0n) is 13.1. The van der Waals surface area contributed by atoms with Crippen molar-refractivity contribution >= 4 is 55.5 Å². The van der Waals surface area contributed by atoms with Gasteiger partial charge in [0.05, 0.1) is 38.2 Å². The van der Waals surface area contributed by atoms with Gasteiger partial charge in [0.1, 0.15) is 5.70 Å². The molecule has 0 saturated carbocycles. The van der Waals surface area contributed by atoms with E-state index in [1.807, 2.05) is 0 Å². The topological polar surface area (TPSA) is 90.9 Å². The normalized spacial score (nSPS) is 10.8. The van der Waals surface area contributed by atoms with E-state index in [2.05, 4.69) is 46.7 Å². The molecule has 0 spiro atoms. The molecule has 130 valence electrons. The van der Waals surface area contributed by atoms with Crippen LogP contribution in [-0.2, 0) is 23.8 Å². The molecule has 0 fully saturated rings. The first-order chi connectivity index (χ1) is 11.3. The Hall–Kier alpha value is -1.87. The number of nitrogens with one attached hydrogen (secondary N) is 1.